The van der Waals surface area contributed by atoms with Gasteiger partial charge in [-0.25, -0.2) is 0 Å². The van der Waals surface area contributed by atoms with Crippen LogP contribution in [0.1, 0.15) is 37.4 Å². The Labute approximate surface area is 146 Å². The number of carbonyl (C=O) groups is 2. The number of halogens is 1. The highest BCUT2D eigenvalue weighted by Crippen LogP contribution is 2.37. The maximum atomic E-state index is 12.7. The van der Waals surface area contributed by atoms with Crippen molar-refractivity contribution in [3.8, 4) is 11.5 Å². The van der Waals surface area contributed by atoms with E-state index in [1.165, 1.54) is 24.3 Å². The number of hydrogen-bond donors (Lipinski definition) is 2. The summed E-state index contributed by atoms with van der Waals surface area (Å²) in [4.78, 5) is 25.3. The zero-order valence-corrected chi connectivity index (χ0v) is 14.4. The Morgan fingerprint density at radius 3 is 2.12 bits per heavy atom. The maximum absolute atomic E-state index is 12.7. The van der Waals surface area contributed by atoms with Gasteiger partial charge < -0.3 is 27.1 Å². The van der Waals surface area contributed by atoms with Gasteiger partial charge in [-0.05, 0) is 18.2 Å². The number of fused-ring (bicyclic) bond motifs is 2. The van der Waals surface area contributed by atoms with Gasteiger partial charge in [0, 0.05) is 16.7 Å². The molecular formula is C18H18ClNO4. The lowest BCUT2D eigenvalue weighted by atomic mass is 9.82. The summed E-state index contributed by atoms with van der Waals surface area (Å²) in [5.41, 5.74) is 1.06. The third kappa shape index (κ3) is 2.88. The standard InChI is InChI=1S/C18H17NO4.ClH/c1-19(2,3)9-10-7-12-16(14(21)8-10)18(23)15-11(17(12)22)5-4-6-13(15)20;/h4-8H,9H2,1-3H3,(H-,20,21,23);1H. The summed E-state index contributed by atoms with van der Waals surface area (Å²) >= 11 is 0. The van der Waals surface area contributed by atoms with E-state index in [0.29, 0.717) is 11.0 Å². The van der Waals surface area contributed by atoms with Crippen molar-refractivity contribution in [1.82, 2.24) is 0 Å². The molecule has 3 rings (SSSR count). The van der Waals surface area contributed by atoms with E-state index in [-0.39, 0.29) is 51.9 Å². The summed E-state index contributed by atoms with van der Waals surface area (Å²) in [6.07, 6.45) is 0. The fourth-order valence-corrected chi connectivity index (χ4v) is 2.98. The largest absolute Gasteiger partial charge is 1.00 e. The van der Waals surface area contributed by atoms with E-state index in [2.05, 4.69) is 0 Å². The molecule has 6 heteroatoms. The zero-order valence-electron chi connectivity index (χ0n) is 13.6. The summed E-state index contributed by atoms with van der Waals surface area (Å²) in [5, 5.41) is 20.2. The zero-order chi connectivity index (χ0) is 16.9. The molecule has 5 nitrogen and oxygen atoms in total. The topological polar surface area (TPSA) is 74.6 Å². The van der Waals surface area contributed by atoms with E-state index in [0.717, 1.165) is 5.56 Å². The van der Waals surface area contributed by atoms with Crippen molar-refractivity contribution in [3.05, 3.63) is 58.1 Å². The molecule has 2 aromatic carbocycles. The van der Waals surface area contributed by atoms with Crippen molar-refractivity contribution < 1.29 is 36.7 Å². The van der Waals surface area contributed by atoms with Crippen LogP contribution in [-0.4, -0.2) is 47.4 Å². The van der Waals surface area contributed by atoms with Crippen molar-refractivity contribution >= 4 is 11.6 Å². The van der Waals surface area contributed by atoms with E-state index in [9.17, 15) is 19.8 Å². The molecule has 0 spiro atoms. The van der Waals surface area contributed by atoms with Gasteiger partial charge in [0.1, 0.15) is 18.0 Å². The van der Waals surface area contributed by atoms with E-state index >= 15 is 0 Å². The number of quaternary nitrogens is 1. The first kappa shape index (κ1) is 18.0. The molecule has 0 radical (unpaired) electrons. The third-order valence-electron chi connectivity index (χ3n) is 3.82. The number of rotatable bonds is 2. The molecule has 0 bridgehead atoms. The predicted octanol–water partition coefficient (Wildman–Crippen LogP) is -0.917. The average molecular weight is 348 g/mol. The number of benzene rings is 2. The molecule has 0 amide bonds. The van der Waals surface area contributed by atoms with Crippen LogP contribution in [0.4, 0.5) is 0 Å². The van der Waals surface area contributed by atoms with Crippen LogP contribution in [0.2, 0.25) is 0 Å². The Balaban J connectivity index is 0.00000208. The van der Waals surface area contributed by atoms with Crippen LogP contribution in [0.5, 0.6) is 11.5 Å². The van der Waals surface area contributed by atoms with Gasteiger partial charge in [0.05, 0.1) is 32.3 Å². The molecule has 0 saturated heterocycles. The number of phenols is 2. The molecule has 0 heterocycles. The quantitative estimate of drug-likeness (QED) is 0.588. The Kier molecular flexibility index (Phi) is 4.44. The number of aromatic hydroxyl groups is 2. The molecule has 126 valence electrons. The summed E-state index contributed by atoms with van der Waals surface area (Å²) in [7, 11) is 5.99. The maximum Gasteiger partial charge on any atom is 0.201 e. The van der Waals surface area contributed by atoms with Crippen molar-refractivity contribution in [2.45, 2.75) is 6.54 Å². The molecule has 0 aliphatic heterocycles. The smallest absolute Gasteiger partial charge is 0.201 e. The molecule has 0 saturated carbocycles. The fourth-order valence-electron chi connectivity index (χ4n) is 2.98. The summed E-state index contributed by atoms with van der Waals surface area (Å²) in [5.74, 6) is -1.36. The van der Waals surface area contributed by atoms with Gasteiger partial charge in [-0.15, -0.1) is 0 Å². The van der Waals surface area contributed by atoms with Gasteiger partial charge in [-0.3, -0.25) is 9.59 Å². The molecule has 0 atom stereocenters. The van der Waals surface area contributed by atoms with Crippen molar-refractivity contribution in [2.24, 2.45) is 0 Å². The summed E-state index contributed by atoms with van der Waals surface area (Å²) in [6, 6.07) is 7.57. The van der Waals surface area contributed by atoms with Crippen molar-refractivity contribution in [1.29, 1.82) is 0 Å². The lowest BCUT2D eigenvalue weighted by Gasteiger charge is -2.25. The lowest BCUT2D eigenvalue weighted by Crippen LogP contribution is -3.00. The second-order valence-electron chi connectivity index (χ2n) is 6.84. The highest BCUT2D eigenvalue weighted by Gasteiger charge is 2.34. The van der Waals surface area contributed by atoms with Gasteiger partial charge in [-0.2, -0.15) is 0 Å². The number of ketones is 2. The molecule has 1 aliphatic rings. The molecule has 0 fully saturated rings. The Morgan fingerprint density at radius 1 is 0.875 bits per heavy atom. The van der Waals surface area contributed by atoms with Crippen LogP contribution in [0, 0.1) is 0 Å². The minimum absolute atomic E-state index is 0. The third-order valence-corrected chi connectivity index (χ3v) is 3.82. The first-order valence-electron chi connectivity index (χ1n) is 7.27. The van der Waals surface area contributed by atoms with Crippen LogP contribution in [0.25, 0.3) is 0 Å². The van der Waals surface area contributed by atoms with Gasteiger partial charge in [0.15, 0.2) is 5.78 Å². The van der Waals surface area contributed by atoms with Crippen LogP contribution < -0.4 is 12.4 Å². The van der Waals surface area contributed by atoms with E-state index in [1.54, 1.807) is 6.07 Å². The highest BCUT2D eigenvalue weighted by atomic mass is 35.5. The predicted molar refractivity (Wildman–Crippen MR) is 84.8 cm³/mol. The molecule has 2 aromatic rings. The van der Waals surface area contributed by atoms with Crippen molar-refractivity contribution in [3.63, 3.8) is 0 Å². The van der Waals surface area contributed by atoms with Gasteiger partial charge in [0.2, 0.25) is 5.78 Å². The Hall–Kier alpha value is -2.37. The number of carbonyl (C=O) groups excluding carboxylic acids is 2. The number of nitrogens with zero attached hydrogens (tertiary/aromatic N) is 1. The second kappa shape index (κ2) is 5.92. The van der Waals surface area contributed by atoms with E-state index in [4.69, 9.17) is 0 Å². The van der Waals surface area contributed by atoms with Crippen LogP contribution in [0.15, 0.2) is 30.3 Å². The Bertz CT molecular complexity index is 853. The lowest BCUT2D eigenvalue weighted by molar-refractivity contribution is -0.884. The minimum Gasteiger partial charge on any atom is -1.00 e. The van der Waals surface area contributed by atoms with Gasteiger partial charge >= 0.3 is 0 Å². The van der Waals surface area contributed by atoms with Crippen LogP contribution in [-0.2, 0) is 6.54 Å². The first-order valence-corrected chi connectivity index (χ1v) is 7.27. The second-order valence-corrected chi connectivity index (χ2v) is 6.84. The van der Waals surface area contributed by atoms with Crippen LogP contribution in [0.3, 0.4) is 0 Å². The average Bonchev–Trinajstić information content (AvgIpc) is 2.42. The van der Waals surface area contributed by atoms with Gasteiger partial charge in [-0.1, -0.05) is 12.1 Å². The first-order chi connectivity index (χ1) is 10.7. The number of hydrogen-bond acceptors (Lipinski definition) is 4. The normalized spacial score (nSPS) is 13.1. The van der Waals surface area contributed by atoms with E-state index < -0.39 is 5.78 Å². The SMILES string of the molecule is C[N+](C)(C)Cc1cc(O)c2c(c1)C(=O)c1cccc(O)c1C2=O.[Cl-]. The summed E-state index contributed by atoms with van der Waals surface area (Å²) in [6.45, 7) is 0.606. The monoisotopic (exact) mass is 347 g/mol. The van der Waals surface area contributed by atoms with Gasteiger partial charge in [0.25, 0.3) is 0 Å². The summed E-state index contributed by atoms with van der Waals surface area (Å²) < 4.78 is 0.623. The molecule has 1 aliphatic carbocycles. The van der Waals surface area contributed by atoms with Crippen molar-refractivity contribution in [2.75, 3.05) is 21.1 Å². The van der Waals surface area contributed by atoms with Crippen LogP contribution >= 0.6 is 0 Å². The van der Waals surface area contributed by atoms with E-state index in [1.807, 2.05) is 21.1 Å². The fraction of sp³-hybridized carbons (Fsp3) is 0.222. The minimum atomic E-state index is -0.526. The highest BCUT2D eigenvalue weighted by molar-refractivity contribution is 6.30. The molecular weight excluding hydrogens is 330 g/mol. The molecule has 24 heavy (non-hydrogen) atoms. The Morgan fingerprint density at radius 2 is 1.50 bits per heavy atom. The molecule has 0 aromatic heterocycles. The molecule has 0 unspecified atom stereocenters. The number of phenolic OH excluding ortho intramolecular Hbond substituents is 2. The molecule has 2 N–H and O–H groups in total.